The van der Waals surface area contributed by atoms with Crippen molar-refractivity contribution in [2.45, 2.75) is 19.9 Å². The Morgan fingerprint density at radius 2 is 2.25 bits per heavy atom. The molecule has 0 bridgehead atoms. The predicted molar refractivity (Wildman–Crippen MR) is 71.5 cm³/mol. The molecule has 1 rings (SSSR count). The summed E-state index contributed by atoms with van der Waals surface area (Å²) in [7, 11) is 0. The van der Waals surface area contributed by atoms with Crippen LogP contribution in [0, 0.1) is 0 Å². The number of nitrogens with one attached hydrogen (secondary N) is 1. The van der Waals surface area contributed by atoms with Crippen molar-refractivity contribution < 1.29 is 19.8 Å². The van der Waals surface area contributed by atoms with Crippen LogP contribution >= 0.6 is 0 Å². The van der Waals surface area contributed by atoms with Gasteiger partial charge in [0.15, 0.2) is 5.69 Å². The lowest BCUT2D eigenvalue weighted by molar-refractivity contribution is 0.0691. The van der Waals surface area contributed by atoms with Crippen LogP contribution in [0.4, 0.5) is 4.79 Å². The molecule has 0 aliphatic carbocycles. The van der Waals surface area contributed by atoms with Gasteiger partial charge in [-0.25, -0.2) is 14.6 Å². The monoisotopic (exact) mass is 284 g/mol. The van der Waals surface area contributed by atoms with E-state index in [0.717, 1.165) is 0 Å². The van der Waals surface area contributed by atoms with Gasteiger partial charge in [-0.15, -0.1) is 0 Å². The van der Waals surface area contributed by atoms with Crippen molar-refractivity contribution in [2.24, 2.45) is 0 Å². The number of hydrogen-bond donors (Lipinski definition) is 3. The molecule has 1 aromatic heterocycles. The molecule has 0 saturated heterocycles. The standard InChI is InChI=1S/C12H20N4O4/c1-2-16(5-3-7-17)12(20)13-4-6-15-8-10(11(18)19)14-9-15/h8-9,17H,2-7H2,1H3,(H,13,20)(H,18,19). The Hall–Kier alpha value is -2.09. The highest BCUT2D eigenvalue weighted by Gasteiger charge is 2.10. The molecule has 1 aromatic rings. The van der Waals surface area contributed by atoms with Gasteiger partial charge in [0, 0.05) is 39.0 Å². The molecule has 1 heterocycles. The van der Waals surface area contributed by atoms with Gasteiger partial charge >= 0.3 is 12.0 Å². The summed E-state index contributed by atoms with van der Waals surface area (Å²) in [4.78, 5) is 27.8. The van der Waals surface area contributed by atoms with Gasteiger partial charge in [-0.1, -0.05) is 0 Å². The summed E-state index contributed by atoms with van der Waals surface area (Å²) in [5.74, 6) is -1.08. The first-order chi connectivity index (χ1) is 9.58. The summed E-state index contributed by atoms with van der Waals surface area (Å²) < 4.78 is 1.60. The van der Waals surface area contributed by atoms with E-state index in [1.807, 2.05) is 6.92 Å². The van der Waals surface area contributed by atoms with Gasteiger partial charge in [-0.2, -0.15) is 0 Å². The van der Waals surface area contributed by atoms with Gasteiger partial charge in [-0.05, 0) is 13.3 Å². The minimum atomic E-state index is -1.08. The number of imidazole rings is 1. The van der Waals surface area contributed by atoms with Crippen molar-refractivity contribution in [1.29, 1.82) is 0 Å². The van der Waals surface area contributed by atoms with Gasteiger partial charge < -0.3 is 25.0 Å². The molecule has 112 valence electrons. The summed E-state index contributed by atoms with van der Waals surface area (Å²) in [5, 5.41) is 20.2. The number of carboxylic acids is 1. The van der Waals surface area contributed by atoms with E-state index in [0.29, 0.717) is 32.6 Å². The third-order valence-electron chi connectivity index (χ3n) is 2.75. The number of amides is 2. The molecule has 0 aromatic carbocycles. The first-order valence-corrected chi connectivity index (χ1v) is 6.47. The average Bonchev–Trinajstić information content (AvgIpc) is 2.88. The first-order valence-electron chi connectivity index (χ1n) is 6.47. The zero-order valence-corrected chi connectivity index (χ0v) is 11.4. The van der Waals surface area contributed by atoms with Gasteiger partial charge in [-0.3, -0.25) is 0 Å². The largest absolute Gasteiger partial charge is 0.476 e. The minimum absolute atomic E-state index is 0.0190. The number of hydrogen-bond acceptors (Lipinski definition) is 4. The van der Waals surface area contributed by atoms with Crippen molar-refractivity contribution in [3.05, 3.63) is 18.2 Å². The fraction of sp³-hybridized carbons (Fsp3) is 0.583. The Labute approximate surface area is 117 Å². The maximum atomic E-state index is 11.8. The third-order valence-corrected chi connectivity index (χ3v) is 2.75. The number of aliphatic hydroxyl groups excluding tert-OH is 1. The lowest BCUT2D eigenvalue weighted by Gasteiger charge is -2.20. The molecule has 0 aliphatic heterocycles. The number of carbonyl (C=O) groups is 2. The predicted octanol–water partition coefficient (Wildman–Crippen LogP) is -0.00480. The Kier molecular flexibility index (Phi) is 6.51. The Bertz CT molecular complexity index is 446. The summed E-state index contributed by atoms with van der Waals surface area (Å²) in [6.45, 7) is 3.82. The van der Waals surface area contributed by atoms with Crippen LogP contribution in [0.15, 0.2) is 12.5 Å². The van der Waals surface area contributed by atoms with E-state index in [-0.39, 0.29) is 18.3 Å². The Morgan fingerprint density at radius 1 is 1.50 bits per heavy atom. The second-order valence-corrected chi connectivity index (χ2v) is 4.19. The molecule has 3 N–H and O–H groups in total. The number of aromatic nitrogens is 2. The molecular formula is C12H20N4O4. The van der Waals surface area contributed by atoms with Crippen molar-refractivity contribution in [3.63, 3.8) is 0 Å². The maximum Gasteiger partial charge on any atom is 0.356 e. The van der Waals surface area contributed by atoms with Crippen molar-refractivity contribution >= 4 is 12.0 Å². The highest BCUT2D eigenvalue weighted by Crippen LogP contribution is 1.96. The van der Waals surface area contributed by atoms with Crippen LogP contribution < -0.4 is 5.32 Å². The van der Waals surface area contributed by atoms with Crippen molar-refractivity contribution in [1.82, 2.24) is 19.8 Å². The molecule has 0 radical (unpaired) electrons. The van der Waals surface area contributed by atoms with E-state index in [4.69, 9.17) is 10.2 Å². The van der Waals surface area contributed by atoms with Gasteiger partial charge in [0.2, 0.25) is 0 Å². The van der Waals surface area contributed by atoms with Crippen LogP contribution in [0.1, 0.15) is 23.8 Å². The van der Waals surface area contributed by atoms with Crippen LogP contribution in [-0.4, -0.2) is 62.9 Å². The molecule has 8 heteroatoms. The lowest BCUT2D eigenvalue weighted by atomic mass is 10.4. The smallest absolute Gasteiger partial charge is 0.356 e. The third kappa shape index (κ3) is 4.88. The van der Waals surface area contributed by atoms with Crippen LogP contribution in [-0.2, 0) is 6.54 Å². The number of rotatable bonds is 8. The normalized spacial score (nSPS) is 10.3. The van der Waals surface area contributed by atoms with Gasteiger partial charge in [0.1, 0.15) is 0 Å². The molecule has 0 aliphatic rings. The Morgan fingerprint density at radius 3 is 2.80 bits per heavy atom. The van der Waals surface area contributed by atoms with E-state index in [9.17, 15) is 9.59 Å². The number of aromatic carboxylic acids is 1. The van der Waals surface area contributed by atoms with E-state index in [1.54, 1.807) is 9.47 Å². The molecule has 0 spiro atoms. The number of nitrogens with zero attached hydrogens (tertiary/aromatic N) is 3. The second kappa shape index (κ2) is 8.16. The zero-order chi connectivity index (χ0) is 15.0. The van der Waals surface area contributed by atoms with Crippen LogP contribution in [0.2, 0.25) is 0 Å². The number of carboxylic acid groups (broad SMARTS) is 1. The Balaban J connectivity index is 2.34. The van der Waals surface area contributed by atoms with Gasteiger partial charge in [0.05, 0.1) is 6.33 Å². The van der Waals surface area contributed by atoms with E-state index < -0.39 is 5.97 Å². The summed E-state index contributed by atoms with van der Waals surface area (Å²) in [6.07, 6.45) is 3.38. The SMILES string of the molecule is CCN(CCCO)C(=O)NCCn1cnc(C(=O)O)c1. The molecule has 0 saturated carbocycles. The minimum Gasteiger partial charge on any atom is -0.476 e. The average molecular weight is 284 g/mol. The molecule has 2 amide bonds. The molecule has 8 nitrogen and oxygen atoms in total. The zero-order valence-electron chi connectivity index (χ0n) is 11.4. The molecule has 20 heavy (non-hydrogen) atoms. The number of aliphatic hydroxyl groups is 1. The van der Waals surface area contributed by atoms with E-state index >= 15 is 0 Å². The number of urea groups is 1. The van der Waals surface area contributed by atoms with E-state index in [2.05, 4.69) is 10.3 Å². The molecule has 0 unspecified atom stereocenters. The highest BCUT2D eigenvalue weighted by atomic mass is 16.4. The summed E-state index contributed by atoms with van der Waals surface area (Å²) in [5.41, 5.74) is -0.0190. The maximum absolute atomic E-state index is 11.8. The van der Waals surface area contributed by atoms with E-state index in [1.165, 1.54) is 12.5 Å². The molecule has 0 fully saturated rings. The fourth-order valence-electron chi connectivity index (χ4n) is 1.66. The fourth-order valence-corrected chi connectivity index (χ4v) is 1.66. The van der Waals surface area contributed by atoms with Crippen LogP contribution in [0.3, 0.4) is 0 Å². The second-order valence-electron chi connectivity index (χ2n) is 4.19. The van der Waals surface area contributed by atoms with Crippen molar-refractivity contribution in [3.8, 4) is 0 Å². The lowest BCUT2D eigenvalue weighted by Crippen LogP contribution is -2.41. The van der Waals surface area contributed by atoms with Crippen molar-refractivity contribution in [2.75, 3.05) is 26.2 Å². The molecular weight excluding hydrogens is 264 g/mol. The molecule has 0 atom stereocenters. The van der Waals surface area contributed by atoms with Crippen LogP contribution in [0.5, 0.6) is 0 Å². The van der Waals surface area contributed by atoms with Gasteiger partial charge in [0.25, 0.3) is 0 Å². The highest BCUT2D eigenvalue weighted by molar-refractivity contribution is 5.84. The number of carbonyl (C=O) groups excluding carboxylic acids is 1. The summed E-state index contributed by atoms with van der Waals surface area (Å²) >= 11 is 0. The summed E-state index contributed by atoms with van der Waals surface area (Å²) in [6, 6.07) is -0.195. The quantitative estimate of drug-likeness (QED) is 0.622. The van der Waals surface area contributed by atoms with Crippen LogP contribution in [0.25, 0.3) is 0 Å². The topological polar surface area (TPSA) is 108 Å². The first kappa shape index (κ1) is 16.0.